The predicted octanol–water partition coefficient (Wildman–Crippen LogP) is 3.09. The number of nitrogens with one attached hydrogen (secondary N) is 1. The van der Waals surface area contributed by atoms with Crippen LogP contribution in [-0.2, 0) is 0 Å². The van der Waals surface area contributed by atoms with Gasteiger partial charge in [-0.25, -0.2) is 0 Å². The zero-order chi connectivity index (χ0) is 18.8. The Morgan fingerprint density at radius 2 is 1.89 bits per heavy atom. The molecule has 4 rings (SSSR count). The van der Waals surface area contributed by atoms with Crippen LogP contribution < -0.4 is 20.5 Å². The zero-order valence-corrected chi connectivity index (χ0v) is 16.4. The number of rotatable bonds is 6. The van der Waals surface area contributed by atoms with Crippen LogP contribution in [0.1, 0.15) is 48.8 Å². The molecule has 1 aromatic rings. The van der Waals surface area contributed by atoms with Crippen molar-refractivity contribution in [2.24, 2.45) is 5.73 Å². The van der Waals surface area contributed by atoms with Crippen molar-refractivity contribution in [2.75, 3.05) is 33.9 Å². The van der Waals surface area contributed by atoms with E-state index in [0.717, 1.165) is 44.0 Å². The summed E-state index contributed by atoms with van der Waals surface area (Å²) in [7, 11) is 3.45. The highest BCUT2D eigenvalue weighted by molar-refractivity contribution is 5.54. The summed E-state index contributed by atoms with van der Waals surface area (Å²) >= 11 is 0. The maximum atomic E-state index is 6.04. The minimum atomic E-state index is 0.161. The Balaban J connectivity index is 1.55. The van der Waals surface area contributed by atoms with E-state index < -0.39 is 0 Å². The van der Waals surface area contributed by atoms with Crippen LogP contribution in [0.4, 0.5) is 0 Å². The van der Waals surface area contributed by atoms with E-state index in [4.69, 9.17) is 15.2 Å². The molecule has 0 spiro atoms. The summed E-state index contributed by atoms with van der Waals surface area (Å²) in [5, 5.41) is 3.49. The van der Waals surface area contributed by atoms with Gasteiger partial charge in [0, 0.05) is 18.2 Å². The molecule has 1 atom stereocenters. The molecule has 5 nitrogen and oxygen atoms in total. The fraction of sp³-hybridized carbons (Fsp3) is 0.545. The van der Waals surface area contributed by atoms with Gasteiger partial charge in [0.2, 0.25) is 0 Å². The number of hydrogen-bond donors (Lipinski definition) is 2. The SMILES string of the molecule is COc1cc(C2C=C(CN3CCC(N)CC3)C=CN2)cc(C2CC2)c1OC. The van der Waals surface area contributed by atoms with E-state index in [0.29, 0.717) is 12.0 Å². The fourth-order valence-corrected chi connectivity index (χ4v) is 4.14. The largest absolute Gasteiger partial charge is 0.493 e. The molecule has 3 N–H and O–H groups in total. The number of piperidine rings is 1. The van der Waals surface area contributed by atoms with Gasteiger partial charge in [0.05, 0.1) is 20.3 Å². The molecule has 2 fully saturated rings. The maximum Gasteiger partial charge on any atom is 0.164 e. The van der Waals surface area contributed by atoms with Gasteiger partial charge in [-0.15, -0.1) is 0 Å². The number of nitrogens with zero attached hydrogens (tertiary/aromatic N) is 1. The Hall–Kier alpha value is -1.98. The fourth-order valence-electron chi connectivity index (χ4n) is 4.14. The number of methoxy groups -OCH3 is 2. The molecule has 1 saturated carbocycles. The highest BCUT2D eigenvalue weighted by Crippen LogP contribution is 2.48. The van der Waals surface area contributed by atoms with E-state index >= 15 is 0 Å². The Kier molecular flexibility index (Phi) is 5.41. The molecule has 1 saturated heterocycles. The summed E-state index contributed by atoms with van der Waals surface area (Å²) in [6.45, 7) is 3.17. The highest BCUT2D eigenvalue weighted by Gasteiger charge is 2.30. The standard InChI is InChI=1S/C22H31N3O2/c1-26-21-13-17(12-19(16-3-4-16)22(21)27-2)20-11-15(5-8-24-20)14-25-9-6-18(23)7-10-25/h5,8,11-13,16,18,20,24H,3-4,6-7,9-10,14,23H2,1-2H3. The summed E-state index contributed by atoms with van der Waals surface area (Å²) in [6.07, 6.45) is 11.3. The summed E-state index contributed by atoms with van der Waals surface area (Å²) in [6, 6.07) is 4.94. The number of ether oxygens (including phenoxy) is 2. The molecule has 0 bridgehead atoms. The molecule has 1 aliphatic carbocycles. The average Bonchev–Trinajstić information content (AvgIpc) is 3.54. The zero-order valence-electron chi connectivity index (χ0n) is 16.4. The predicted molar refractivity (Wildman–Crippen MR) is 108 cm³/mol. The Bertz CT molecular complexity index is 731. The van der Waals surface area contributed by atoms with Gasteiger partial charge in [0.1, 0.15) is 0 Å². The second-order valence-corrected chi connectivity index (χ2v) is 7.95. The van der Waals surface area contributed by atoms with E-state index in [1.807, 2.05) is 0 Å². The topological polar surface area (TPSA) is 59.8 Å². The Morgan fingerprint density at radius 3 is 2.56 bits per heavy atom. The molecular formula is C22H31N3O2. The van der Waals surface area contributed by atoms with Crippen LogP contribution in [0.15, 0.2) is 36.1 Å². The first-order valence-electron chi connectivity index (χ1n) is 10.0. The summed E-state index contributed by atoms with van der Waals surface area (Å²) in [4.78, 5) is 2.51. The number of benzene rings is 1. The van der Waals surface area contributed by atoms with Gasteiger partial charge < -0.3 is 20.5 Å². The monoisotopic (exact) mass is 369 g/mol. The van der Waals surface area contributed by atoms with Gasteiger partial charge in [-0.3, -0.25) is 4.90 Å². The van der Waals surface area contributed by atoms with Crippen LogP contribution >= 0.6 is 0 Å². The first-order valence-corrected chi connectivity index (χ1v) is 10.0. The number of likely N-dealkylation sites (tertiary alicyclic amines) is 1. The minimum absolute atomic E-state index is 0.161. The molecule has 5 heteroatoms. The number of nitrogens with two attached hydrogens (primary N) is 1. The summed E-state index contributed by atoms with van der Waals surface area (Å²) in [5.74, 6) is 2.33. The lowest BCUT2D eigenvalue weighted by molar-refractivity contribution is 0.230. The van der Waals surface area contributed by atoms with Crippen LogP contribution in [-0.4, -0.2) is 44.8 Å². The molecule has 1 unspecified atom stereocenters. The minimum Gasteiger partial charge on any atom is -0.493 e. The molecule has 27 heavy (non-hydrogen) atoms. The van der Waals surface area contributed by atoms with Gasteiger partial charge in [-0.2, -0.15) is 0 Å². The molecule has 2 aliphatic heterocycles. The molecule has 146 valence electrons. The second kappa shape index (κ2) is 7.95. The lowest BCUT2D eigenvalue weighted by atomic mass is 9.96. The van der Waals surface area contributed by atoms with Crippen molar-refractivity contribution < 1.29 is 9.47 Å². The van der Waals surface area contributed by atoms with Gasteiger partial charge in [-0.1, -0.05) is 6.08 Å². The van der Waals surface area contributed by atoms with Crippen molar-refractivity contribution in [3.05, 3.63) is 47.2 Å². The normalized spacial score (nSPS) is 23.7. The molecule has 2 heterocycles. The Morgan fingerprint density at radius 1 is 1.11 bits per heavy atom. The van der Waals surface area contributed by atoms with Gasteiger partial charge >= 0.3 is 0 Å². The van der Waals surface area contributed by atoms with Crippen LogP contribution in [0.3, 0.4) is 0 Å². The summed E-state index contributed by atoms with van der Waals surface area (Å²) < 4.78 is 11.3. The van der Waals surface area contributed by atoms with E-state index in [9.17, 15) is 0 Å². The molecular weight excluding hydrogens is 338 g/mol. The van der Waals surface area contributed by atoms with Crippen LogP contribution in [0.5, 0.6) is 11.5 Å². The third-order valence-electron chi connectivity index (χ3n) is 5.90. The molecule has 0 amide bonds. The number of dihydropyridines is 1. The maximum absolute atomic E-state index is 6.04. The Labute approximate surface area is 162 Å². The highest BCUT2D eigenvalue weighted by atomic mass is 16.5. The van der Waals surface area contributed by atoms with Crippen molar-refractivity contribution in [1.82, 2.24) is 10.2 Å². The third kappa shape index (κ3) is 4.14. The first-order chi connectivity index (χ1) is 13.2. The van der Waals surface area contributed by atoms with Crippen molar-refractivity contribution in [2.45, 2.75) is 43.7 Å². The van der Waals surface area contributed by atoms with Crippen molar-refractivity contribution in [3.63, 3.8) is 0 Å². The van der Waals surface area contributed by atoms with Gasteiger partial charge in [-0.05, 0) is 80.2 Å². The third-order valence-corrected chi connectivity index (χ3v) is 5.90. The smallest absolute Gasteiger partial charge is 0.164 e. The second-order valence-electron chi connectivity index (χ2n) is 7.95. The van der Waals surface area contributed by atoms with Crippen molar-refractivity contribution in [1.29, 1.82) is 0 Å². The quantitative estimate of drug-likeness (QED) is 0.807. The van der Waals surface area contributed by atoms with Gasteiger partial charge in [0.25, 0.3) is 0 Å². The lowest BCUT2D eigenvalue weighted by Crippen LogP contribution is -2.40. The van der Waals surface area contributed by atoms with E-state index in [1.54, 1.807) is 14.2 Å². The molecule has 0 radical (unpaired) electrons. The van der Waals surface area contributed by atoms with Crippen molar-refractivity contribution in [3.8, 4) is 11.5 Å². The molecule has 3 aliphatic rings. The first kappa shape index (κ1) is 18.4. The van der Waals surface area contributed by atoms with Gasteiger partial charge in [0.15, 0.2) is 11.5 Å². The van der Waals surface area contributed by atoms with Crippen molar-refractivity contribution >= 4 is 0 Å². The van der Waals surface area contributed by atoms with E-state index in [-0.39, 0.29) is 6.04 Å². The number of hydrogen-bond acceptors (Lipinski definition) is 5. The lowest BCUT2D eigenvalue weighted by Gasteiger charge is -2.31. The van der Waals surface area contributed by atoms with Crippen LogP contribution in [0.2, 0.25) is 0 Å². The van der Waals surface area contributed by atoms with E-state index in [1.165, 1.54) is 29.5 Å². The molecule has 1 aromatic carbocycles. The van der Waals surface area contributed by atoms with Crippen LogP contribution in [0.25, 0.3) is 0 Å². The molecule has 0 aromatic heterocycles. The average molecular weight is 370 g/mol. The van der Waals surface area contributed by atoms with Crippen LogP contribution in [0, 0.1) is 0 Å². The van der Waals surface area contributed by atoms with E-state index in [2.05, 4.69) is 40.7 Å². The summed E-state index contributed by atoms with van der Waals surface area (Å²) in [5.41, 5.74) is 9.91.